The van der Waals surface area contributed by atoms with E-state index in [2.05, 4.69) is 59.5 Å². The minimum absolute atomic E-state index is 0.0421. The molecule has 4 heteroatoms. The summed E-state index contributed by atoms with van der Waals surface area (Å²) < 4.78 is 0.893. The van der Waals surface area contributed by atoms with Crippen molar-refractivity contribution in [2.75, 3.05) is 0 Å². The van der Waals surface area contributed by atoms with Crippen molar-refractivity contribution in [3.63, 3.8) is 0 Å². The molecule has 0 amide bonds. The Morgan fingerprint density at radius 2 is 1.71 bits per heavy atom. The van der Waals surface area contributed by atoms with Crippen LogP contribution in [0.15, 0.2) is 46.9 Å². The first-order chi connectivity index (χ1) is 10.0. The minimum Gasteiger partial charge on any atom is -0.271 e. The third kappa shape index (κ3) is 4.30. The van der Waals surface area contributed by atoms with Crippen LogP contribution in [-0.2, 0) is 6.42 Å². The van der Waals surface area contributed by atoms with Crippen molar-refractivity contribution in [2.24, 2.45) is 5.84 Å². The molecule has 1 unspecified atom stereocenters. The normalized spacial score (nSPS) is 12.7. The van der Waals surface area contributed by atoms with Gasteiger partial charge in [-0.2, -0.15) is 0 Å². The molecule has 0 fully saturated rings. The highest BCUT2D eigenvalue weighted by Gasteiger charge is 2.12. The lowest BCUT2D eigenvalue weighted by Gasteiger charge is -2.17. The molecular weight excluding hydrogens is 348 g/mol. The summed E-state index contributed by atoms with van der Waals surface area (Å²) in [4.78, 5) is 0. The van der Waals surface area contributed by atoms with Crippen molar-refractivity contribution in [3.8, 4) is 0 Å². The van der Waals surface area contributed by atoms with Gasteiger partial charge in [-0.05, 0) is 57.1 Å². The molecule has 112 valence electrons. The molecule has 2 rings (SSSR count). The summed E-state index contributed by atoms with van der Waals surface area (Å²) >= 11 is 9.56. The van der Waals surface area contributed by atoms with Gasteiger partial charge in [-0.15, -0.1) is 0 Å². The molecule has 21 heavy (non-hydrogen) atoms. The highest BCUT2D eigenvalue weighted by Crippen LogP contribution is 2.27. The average Bonchev–Trinajstić information content (AvgIpc) is 2.48. The fourth-order valence-corrected chi connectivity index (χ4v) is 2.71. The fraction of sp³-hybridized carbons (Fsp3) is 0.294. The average molecular weight is 368 g/mol. The van der Waals surface area contributed by atoms with Crippen LogP contribution < -0.4 is 11.3 Å². The van der Waals surface area contributed by atoms with E-state index in [9.17, 15) is 0 Å². The Morgan fingerprint density at radius 3 is 2.24 bits per heavy atom. The third-order valence-electron chi connectivity index (χ3n) is 3.63. The number of hydrazine groups is 1. The van der Waals surface area contributed by atoms with Crippen LogP contribution in [0.5, 0.6) is 0 Å². The molecule has 0 aromatic heterocycles. The second-order valence-electron chi connectivity index (χ2n) is 5.49. The highest BCUT2D eigenvalue weighted by molar-refractivity contribution is 9.10. The van der Waals surface area contributed by atoms with Crippen LogP contribution in [-0.4, -0.2) is 0 Å². The largest absolute Gasteiger partial charge is 0.271 e. The lowest BCUT2D eigenvalue weighted by atomic mass is 9.96. The van der Waals surface area contributed by atoms with Crippen molar-refractivity contribution in [2.45, 2.75) is 32.2 Å². The van der Waals surface area contributed by atoms with E-state index >= 15 is 0 Å². The Bertz CT molecular complexity index is 596. The number of nitrogens with two attached hydrogens (primary N) is 1. The van der Waals surface area contributed by atoms with Crippen LogP contribution in [0.3, 0.4) is 0 Å². The topological polar surface area (TPSA) is 38.0 Å². The SMILES string of the molecule is CC(C)c1ccc(CC(NN)c2ccc(Br)c(Cl)c2)cc1. The van der Waals surface area contributed by atoms with Gasteiger partial charge in [0.25, 0.3) is 0 Å². The molecule has 0 radical (unpaired) electrons. The van der Waals surface area contributed by atoms with Crippen molar-refractivity contribution < 1.29 is 0 Å². The van der Waals surface area contributed by atoms with E-state index in [-0.39, 0.29) is 6.04 Å². The van der Waals surface area contributed by atoms with Crippen LogP contribution >= 0.6 is 27.5 Å². The standard InChI is InChI=1S/C17H20BrClN2/c1-11(2)13-5-3-12(4-6-13)9-17(21-20)14-7-8-15(18)16(19)10-14/h3-8,10-11,17,21H,9,20H2,1-2H3. The zero-order valence-corrected chi connectivity index (χ0v) is 14.6. The maximum atomic E-state index is 6.16. The predicted molar refractivity (Wildman–Crippen MR) is 93.5 cm³/mol. The quantitative estimate of drug-likeness (QED) is 0.578. The molecule has 3 N–H and O–H groups in total. The van der Waals surface area contributed by atoms with E-state index in [1.54, 1.807) is 0 Å². The van der Waals surface area contributed by atoms with Gasteiger partial charge < -0.3 is 0 Å². The Balaban J connectivity index is 2.16. The van der Waals surface area contributed by atoms with Gasteiger partial charge >= 0.3 is 0 Å². The fourth-order valence-electron chi connectivity index (χ4n) is 2.28. The Hall–Kier alpha value is -0.870. The van der Waals surface area contributed by atoms with Gasteiger partial charge in [0.1, 0.15) is 0 Å². The highest BCUT2D eigenvalue weighted by atomic mass is 79.9. The van der Waals surface area contributed by atoms with Gasteiger partial charge in [-0.3, -0.25) is 11.3 Å². The molecule has 0 aliphatic carbocycles. The molecule has 0 spiro atoms. The molecule has 0 saturated heterocycles. The first kappa shape index (κ1) is 16.5. The number of hydrogen-bond acceptors (Lipinski definition) is 2. The molecule has 1 atom stereocenters. The number of benzene rings is 2. The third-order valence-corrected chi connectivity index (χ3v) is 4.87. The monoisotopic (exact) mass is 366 g/mol. The van der Waals surface area contributed by atoms with Crippen LogP contribution in [0.4, 0.5) is 0 Å². The van der Waals surface area contributed by atoms with Gasteiger partial charge in [-0.25, -0.2) is 0 Å². The van der Waals surface area contributed by atoms with Gasteiger partial charge in [0.15, 0.2) is 0 Å². The summed E-state index contributed by atoms with van der Waals surface area (Å²) in [7, 11) is 0. The van der Waals surface area contributed by atoms with Gasteiger partial charge in [-0.1, -0.05) is 55.8 Å². The lowest BCUT2D eigenvalue weighted by molar-refractivity contribution is 0.552. The molecule has 0 aliphatic heterocycles. The Kier molecular flexibility index (Phi) is 5.82. The van der Waals surface area contributed by atoms with Gasteiger partial charge in [0, 0.05) is 4.47 Å². The number of nitrogens with one attached hydrogen (secondary N) is 1. The van der Waals surface area contributed by atoms with Crippen molar-refractivity contribution in [1.29, 1.82) is 0 Å². The van der Waals surface area contributed by atoms with Crippen molar-refractivity contribution in [1.82, 2.24) is 5.43 Å². The summed E-state index contributed by atoms with van der Waals surface area (Å²) in [5.74, 6) is 6.26. The molecule has 0 saturated carbocycles. The lowest BCUT2D eigenvalue weighted by Crippen LogP contribution is -2.29. The Morgan fingerprint density at radius 1 is 1.10 bits per heavy atom. The second-order valence-corrected chi connectivity index (χ2v) is 6.75. The maximum absolute atomic E-state index is 6.16. The maximum Gasteiger partial charge on any atom is 0.0551 e. The van der Waals surface area contributed by atoms with Crippen LogP contribution in [0.1, 0.15) is 42.5 Å². The van der Waals surface area contributed by atoms with Crippen molar-refractivity contribution >= 4 is 27.5 Å². The van der Waals surface area contributed by atoms with Crippen LogP contribution in [0.2, 0.25) is 5.02 Å². The van der Waals surface area contributed by atoms with Gasteiger partial charge in [0.05, 0.1) is 11.1 Å². The summed E-state index contributed by atoms with van der Waals surface area (Å²) in [5, 5.41) is 0.697. The predicted octanol–water partition coefficient (Wildman–Crippen LogP) is 4.97. The molecule has 0 bridgehead atoms. The molecule has 2 aromatic carbocycles. The summed E-state index contributed by atoms with van der Waals surface area (Å²) in [5.41, 5.74) is 6.56. The summed E-state index contributed by atoms with van der Waals surface area (Å²) in [6.07, 6.45) is 0.826. The molecule has 0 heterocycles. The molecule has 2 aromatic rings. The zero-order valence-electron chi connectivity index (χ0n) is 12.2. The van der Waals surface area contributed by atoms with E-state index in [0.29, 0.717) is 10.9 Å². The van der Waals surface area contributed by atoms with E-state index < -0.39 is 0 Å². The van der Waals surface area contributed by atoms with Crippen LogP contribution in [0, 0.1) is 0 Å². The smallest absolute Gasteiger partial charge is 0.0551 e. The van der Waals surface area contributed by atoms with E-state index in [4.69, 9.17) is 17.4 Å². The van der Waals surface area contributed by atoms with E-state index in [0.717, 1.165) is 16.5 Å². The molecule has 0 aliphatic rings. The number of hydrogen-bond donors (Lipinski definition) is 2. The van der Waals surface area contributed by atoms with Crippen molar-refractivity contribution in [3.05, 3.63) is 68.7 Å². The Labute approximate surface area is 139 Å². The minimum atomic E-state index is 0.0421. The van der Waals surface area contributed by atoms with Gasteiger partial charge in [0.2, 0.25) is 0 Å². The zero-order chi connectivity index (χ0) is 15.4. The van der Waals surface area contributed by atoms with Crippen LogP contribution in [0.25, 0.3) is 0 Å². The molecule has 2 nitrogen and oxygen atoms in total. The van der Waals surface area contributed by atoms with E-state index in [1.807, 2.05) is 18.2 Å². The second kappa shape index (κ2) is 7.41. The van der Waals surface area contributed by atoms with E-state index in [1.165, 1.54) is 11.1 Å². The molecular formula is C17H20BrClN2. The first-order valence-corrected chi connectivity index (χ1v) is 8.18. The summed E-state index contributed by atoms with van der Waals surface area (Å²) in [6, 6.07) is 14.7. The first-order valence-electron chi connectivity index (χ1n) is 7.01. The number of halogens is 2. The number of rotatable bonds is 5. The summed E-state index contributed by atoms with van der Waals surface area (Å²) in [6.45, 7) is 4.39.